The molecule has 0 radical (unpaired) electrons. The van der Waals surface area contributed by atoms with Crippen LogP contribution in [0.25, 0.3) is 0 Å². The molecule has 0 saturated carbocycles. The van der Waals surface area contributed by atoms with Gasteiger partial charge in [-0.25, -0.2) is 0 Å². The molecule has 0 aromatic heterocycles. The van der Waals surface area contributed by atoms with E-state index >= 15 is 0 Å². The third kappa shape index (κ3) is 34.3. The molecule has 0 aliphatic heterocycles. The summed E-state index contributed by atoms with van der Waals surface area (Å²) in [7, 11) is 0. The number of hydrogen-bond donors (Lipinski definition) is 1. The van der Waals surface area contributed by atoms with Crippen LogP contribution in [0, 0.1) is 0 Å². The molecule has 0 aromatic carbocycles. The maximum Gasteiger partial charge on any atom is 0.00412 e. The van der Waals surface area contributed by atoms with Crippen LogP contribution in [0.2, 0.25) is 0 Å². The van der Waals surface area contributed by atoms with Crippen LogP contribution in [0.3, 0.4) is 0 Å². The van der Waals surface area contributed by atoms with E-state index in [1.54, 1.807) is 0 Å². The van der Waals surface area contributed by atoms with Gasteiger partial charge >= 0.3 is 0 Å². The van der Waals surface area contributed by atoms with E-state index in [0.717, 1.165) is 0 Å². The van der Waals surface area contributed by atoms with Crippen LogP contribution < -0.4 is 5.32 Å². The Labute approximate surface area is 249 Å². The standard InChI is InChI=1S/C36H75N.ClH/c1-5-7-9-11-13-15-17-19-21-23-25-27-29-31-33-35(3)37-36(4)34-32-30-28-26-24-22-20-18-16-14-12-10-8-6-2;/h35-37H,5-34H2,1-4H3;1H. The van der Waals surface area contributed by atoms with Crippen LogP contribution in [-0.4, -0.2) is 12.1 Å². The Bertz CT molecular complexity index is 363. The molecular weight excluding hydrogens is 482 g/mol. The summed E-state index contributed by atoms with van der Waals surface area (Å²) in [5.74, 6) is 0. The van der Waals surface area contributed by atoms with E-state index in [1.165, 1.54) is 193 Å². The summed E-state index contributed by atoms with van der Waals surface area (Å²) in [6.45, 7) is 9.43. The molecule has 0 rings (SSSR count). The summed E-state index contributed by atoms with van der Waals surface area (Å²) < 4.78 is 0. The zero-order valence-corrected chi connectivity index (χ0v) is 28.1. The molecule has 1 nitrogen and oxygen atoms in total. The Morgan fingerprint density at radius 3 is 0.711 bits per heavy atom. The number of hydrogen-bond acceptors (Lipinski definition) is 1. The highest BCUT2D eigenvalue weighted by molar-refractivity contribution is 5.85. The van der Waals surface area contributed by atoms with Crippen molar-refractivity contribution in [2.24, 2.45) is 0 Å². The lowest BCUT2D eigenvalue weighted by atomic mass is 10.0. The van der Waals surface area contributed by atoms with Gasteiger partial charge in [0.05, 0.1) is 0 Å². The first-order chi connectivity index (χ1) is 18.2. The van der Waals surface area contributed by atoms with E-state index in [4.69, 9.17) is 0 Å². The second-order valence-corrected chi connectivity index (χ2v) is 12.7. The molecule has 0 aromatic rings. The molecule has 0 spiro atoms. The molecule has 2 atom stereocenters. The molecule has 0 aliphatic carbocycles. The van der Waals surface area contributed by atoms with E-state index in [2.05, 4.69) is 33.0 Å². The smallest absolute Gasteiger partial charge is 0.00412 e. The first-order valence-corrected chi connectivity index (χ1v) is 18.0. The van der Waals surface area contributed by atoms with Crippen molar-refractivity contribution in [1.82, 2.24) is 5.32 Å². The summed E-state index contributed by atoms with van der Waals surface area (Å²) in [6.07, 6.45) is 43.5. The molecule has 2 unspecified atom stereocenters. The molecule has 0 heterocycles. The van der Waals surface area contributed by atoms with E-state index in [1.807, 2.05) is 0 Å². The van der Waals surface area contributed by atoms with E-state index in [-0.39, 0.29) is 12.4 Å². The van der Waals surface area contributed by atoms with Gasteiger partial charge in [0, 0.05) is 12.1 Å². The highest BCUT2D eigenvalue weighted by Gasteiger charge is 2.07. The van der Waals surface area contributed by atoms with Crippen molar-refractivity contribution in [1.29, 1.82) is 0 Å². The fraction of sp³-hybridized carbons (Fsp3) is 1.00. The molecular formula is C36H76ClN. The van der Waals surface area contributed by atoms with Crippen molar-refractivity contribution in [2.75, 3.05) is 0 Å². The number of unbranched alkanes of at least 4 members (excludes halogenated alkanes) is 26. The average molecular weight is 558 g/mol. The van der Waals surface area contributed by atoms with Crippen molar-refractivity contribution in [3.05, 3.63) is 0 Å². The van der Waals surface area contributed by atoms with Gasteiger partial charge in [-0.3, -0.25) is 0 Å². The van der Waals surface area contributed by atoms with Crippen LogP contribution in [0.5, 0.6) is 0 Å². The van der Waals surface area contributed by atoms with Gasteiger partial charge in [0.2, 0.25) is 0 Å². The van der Waals surface area contributed by atoms with Crippen molar-refractivity contribution in [3.8, 4) is 0 Å². The highest BCUT2D eigenvalue weighted by Crippen LogP contribution is 2.16. The van der Waals surface area contributed by atoms with Gasteiger partial charge in [0.25, 0.3) is 0 Å². The second-order valence-electron chi connectivity index (χ2n) is 12.7. The Balaban J connectivity index is 0. The minimum Gasteiger partial charge on any atom is -0.312 e. The normalized spacial score (nSPS) is 12.9. The molecule has 0 fully saturated rings. The van der Waals surface area contributed by atoms with Crippen molar-refractivity contribution >= 4 is 12.4 Å². The highest BCUT2D eigenvalue weighted by atomic mass is 35.5. The van der Waals surface area contributed by atoms with E-state index in [0.29, 0.717) is 12.1 Å². The molecule has 2 heteroatoms. The van der Waals surface area contributed by atoms with E-state index in [9.17, 15) is 0 Å². The summed E-state index contributed by atoms with van der Waals surface area (Å²) in [6, 6.07) is 1.39. The van der Waals surface area contributed by atoms with Crippen LogP contribution in [0.1, 0.15) is 220 Å². The Morgan fingerprint density at radius 2 is 0.500 bits per heavy atom. The minimum absolute atomic E-state index is 0. The Kier molecular flexibility index (Phi) is 37.5. The fourth-order valence-electron chi connectivity index (χ4n) is 5.94. The van der Waals surface area contributed by atoms with Gasteiger partial charge in [-0.1, -0.05) is 194 Å². The molecule has 0 amide bonds. The van der Waals surface area contributed by atoms with Gasteiger partial charge in [0.15, 0.2) is 0 Å². The lowest BCUT2D eigenvalue weighted by Crippen LogP contribution is -2.34. The largest absolute Gasteiger partial charge is 0.312 e. The third-order valence-corrected chi connectivity index (χ3v) is 8.55. The second kappa shape index (κ2) is 35.3. The summed E-state index contributed by atoms with van der Waals surface area (Å²) in [5.41, 5.74) is 0. The topological polar surface area (TPSA) is 12.0 Å². The van der Waals surface area contributed by atoms with Gasteiger partial charge < -0.3 is 5.32 Å². The lowest BCUT2D eigenvalue weighted by molar-refractivity contribution is 0.402. The van der Waals surface area contributed by atoms with Crippen LogP contribution in [-0.2, 0) is 0 Å². The molecule has 0 bridgehead atoms. The first kappa shape index (κ1) is 40.4. The van der Waals surface area contributed by atoms with E-state index < -0.39 is 0 Å². The zero-order chi connectivity index (χ0) is 27.1. The lowest BCUT2D eigenvalue weighted by Gasteiger charge is -2.20. The number of rotatable bonds is 32. The van der Waals surface area contributed by atoms with Gasteiger partial charge in [-0.05, 0) is 26.7 Å². The Morgan fingerprint density at radius 1 is 0.316 bits per heavy atom. The van der Waals surface area contributed by atoms with Crippen LogP contribution in [0.15, 0.2) is 0 Å². The predicted molar refractivity (Wildman–Crippen MR) is 179 cm³/mol. The predicted octanol–water partition coefficient (Wildman–Crippen LogP) is 13.5. The molecule has 0 saturated heterocycles. The molecule has 0 aliphatic rings. The number of nitrogens with one attached hydrogen (secondary N) is 1. The molecule has 38 heavy (non-hydrogen) atoms. The number of halogens is 1. The summed E-state index contributed by atoms with van der Waals surface area (Å²) in [5, 5.41) is 3.87. The zero-order valence-electron chi connectivity index (χ0n) is 27.3. The van der Waals surface area contributed by atoms with Crippen LogP contribution >= 0.6 is 12.4 Å². The average Bonchev–Trinajstić information content (AvgIpc) is 2.89. The van der Waals surface area contributed by atoms with Gasteiger partial charge in [-0.15, -0.1) is 12.4 Å². The summed E-state index contributed by atoms with van der Waals surface area (Å²) >= 11 is 0. The third-order valence-electron chi connectivity index (χ3n) is 8.55. The van der Waals surface area contributed by atoms with Gasteiger partial charge in [-0.2, -0.15) is 0 Å². The molecule has 232 valence electrons. The quantitative estimate of drug-likeness (QED) is 0.0810. The fourth-order valence-corrected chi connectivity index (χ4v) is 5.94. The summed E-state index contributed by atoms with van der Waals surface area (Å²) in [4.78, 5) is 0. The van der Waals surface area contributed by atoms with Gasteiger partial charge in [0.1, 0.15) is 0 Å². The maximum atomic E-state index is 3.87. The first-order valence-electron chi connectivity index (χ1n) is 18.0. The minimum atomic E-state index is 0. The molecule has 1 N–H and O–H groups in total. The van der Waals surface area contributed by atoms with Crippen molar-refractivity contribution in [2.45, 2.75) is 232 Å². The Hall–Kier alpha value is 0.250. The maximum absolute atomic E-state index is 3.87. The van der Waals surface area contributed by atoms with Crippen molar-refractivity contribution in [3.63, 3.8) is 0 Å². The monoisotopic (exact) mass is 558 g/mol. The SMILES string of the molecule is CCCCCCCCCCCCCCCCC(C)NC(C)CCCCCCCCCCCCCCCC.Cl. The van der Waals surface area contributed by atoms with Crippen molar-refractivity contribution < 1.29 is 0 Å². The van der Waals surface area contributed by atoms with Crippen LogP contribution in [0.4, 0.5) is 0 Å².